The van der Waals surface area contributed by atoms with E-state index in [1.807, 2.05) is 37.3 Å². The van der Waals surface area contributed by atoms with Crippen molar-refractivity contribution < 1.29 is 9.59 Å². The fourth-order valence-corrected chi connectivity index (χ4v) is 4.13. The van der Waals surface area contributed by atoms with E-state index in [4.69, 9.17) is 5.73 Å². The normalized spacial score (nSPS) is 23.9. The molecule has 2 amide bonds. The van der Waals surface area contributed by atoms with E-state index in [1.165, 1.54) is 5.56 Å². The molecule has 2 aliphatic rings. The van der Waals surface area contributed by atoms with Gasteiger partial charge in [0.2, 0.25) is 5.91 Å². The van der Waals surface area contributed by atoms with E-state index in [2.05, 4.69) is 16.0 Å². The molecule has 5 N–H and O–H groups in total. The summed E-state index contributed by atoms with van der Waals surface area (Å²) in [6, 6.07) is 13.5. The van der Waals surface area contributed by atoms with Gasteiger partial charge in [-0.3, -0.25) is 9.59 Å². The number of anilines is 2. The highest BCUT2D eigenvalue weighted by molar-refractivity contribution is 6.01. The summed E-state index contributed by atoms with van der Waals surface area (Å²) in [7, 11) is 0. The minimum absolute atomic E-state index is 0.00478. The monoisotopic (exact) mass is 392 g/mol. The van der Waals surface area contributed by atoms with Gasteiger partial charge in [0.25, 0.3) is 5.91 Å². The summed E-state index contributed by atoms with van der Waals surface area (Å²) in [5.41, 5.74) is 10.4. The van der Waals surface area contributed by atoms with Gasteiger partial charge in [-0.1, -0.05) is 42.7 Å². The molecule has 0 spiro atoms. The molecule has 1 aliphatic heterocycles. The quantitative estimate of drug-likeness (QED) is 0.643. The average molecular weight is 393 g/mol. The summed E-state index contributed by atoms with van der Waals surface area (Å²) < 4.78 is 0. The van der Waals surface area contributed by atoms with Crippen LogP contribution >= 0.6 is 0 Å². The van der Waals surface area contributed by atoms with Crippen molar-refractivity contribution in [3.05, 3.63) is 59.2 Å². The van der Waals surface area contributed by atoms with Gasteiger partial charge < -0.3 is 21.7 Å². The second kappa shape index (κ2) is 8.25. The summed E-state index contributed by atoms with van der Waals surface area (Å²) in [4.78, 5) is 25.2. The van der Waals surface area contributed by atoms with Crippen molar-refractivity contribution in [1.29, 1.82) is 0 Å². The van der Waals surface area contributed by atoms with Crippen LogP contribution in [0.25, 0.3) is 0 Å². The molecule has 2 aromatic carbocycles. The van der Waals surface area contributed by atoms with Crippen molar-refractivity contribution in [1.82, 2.24) is 5.32 Å². The standard InChI is InChI=1S/C23H28N4O2/c1-14-6-8-15(9-7-14)20-13-22(28)26-21-12-16(10-11-19(21)25-20)23(29)27-18-5-3-2-4-17(18)24/h6-12,17-18,20,25H,2-5,13,24H2,1H3,(H,26,28)(H,27,29). The Balaban J connectivity index is 1.53. The van der Waals surface area contributed by atoms with E-state index < -0.39 is 0 Å². The third-order valence-corrected chi connectivity index (χ3v) is 5.89. The molecule has 3 atom stereocenters. The van der Waals surface area contributed by atoms with Crippen LogP contribution < -0.4 is 21.7 Å². The fraction of sp³-hybridized carbons (Fsp3) is 0.391. The Bertz CT molecular complexity index is 910. The Kier molecular flexibility index (Phi) is 5.53. The zero-order valence-corrected chi connectivity index (χ0v) is 16.7. The number of fused-ring (bicyclic) bond motifs is 1. The Morgan fingerprint density at radius 1 is 1.07 bits per heavy atom. The molecule has 152 valence electrons. The second-order valence-corrected chi connectivity index (χ2v) is 8.15. The molecule has 1 aliphatic carbocycles. The molecule has 2 aromatic rings. The zero-order chi connectivity index (χ0) is 20.4. The van der Waals surface area contributed by atoms with Crippen molar-refractivity contribution in [3.8, 4) is 0 Å². The Morgan fingerprint density at radius 3 is 2.59 bits per heavy atom. The van der Waals surface area contributed by atoms with Crippen LogP contribution in [0.1, 0.15) is 59.6 Å². The van der Waals surface area contributed by atoms with Gasteiger partial charge in [-0.2, -0.15) is 0 Å². The largest absolute Gasteiger partial charge is 0.376 e. The highest BCUT2D eigenvalue weighted by Gasteiger charge is 2.26. The van der Waals surface area contributed by atoms with Crippen LogP contribution in [0.4, 0.5) is 11.4 Å². The van der Waals surface area contributed by atoms with Gasteiger partial charge in [-0.25, -0.2) is 0 Å². The molecule has 1 saturated carbocycles. The lowest BCUT2D eigenvalue weighted by atomic mass is 9.91. The van der Waals surface area contributed by atoms with E-state index >= 15 is 0 Å². The van der Waals surface area contributed by atoms with Gasteiger partial charge in [0, 0.05) is 17.6 Å². The molecular formula is C23H28N4O2. The van der Waals surface area contributed by atoms with Gasteiger partial charge in [0.1, 0.15) is 0 Å². The third kappa shape index (κ3) is 4.43. The van der Waals surface area contributed by atoms with Crippen molar-refractivity contribution in [2.24, 2.45) is 5.73 Å². The topological polar surface area (TPSA) is 96.2 Å². The maximum atomic E-state index is 12.7. The van der Waals surface area contributed by atoms with Crippen molar-refractivity contribution in [2.45, 2.75) is 57.2 Å². The predicted molar refractivity (Wildman–Crippen MR) is 115 cm³/mol. The second-order valence-electron chi connectivity index (χ2n) is 8.15. The lowest BCUT2D eigenvalue weighted by Gasteiger charge is -2.29. The smallest absolute Gasteiger partial charge is 0.251 e. The van der Waals surface area contributed by atoms with E-state index in [0.717, 1.165) is 36.9 Å². The van der Waals surface area contributed by atoms with E-state index in [-0.39, 0.29) is 29.9 Å². The molecule has 3 unspecified atom stereocenters. The molecule has 6 nitrogen and oxygen atoms in total. The Morgan fingerprint density at radius 2 is 1.83 bits per heavy atom. The maximum absolute atomic E-state index is 12.7. The van der Waals surface area contributed by atoms with E-state index in [0.29, 0.717) is 17.7 Å². The lowest BCUT2D eigenvalue weighted by Crippen LogP contribution is -2.49. The van der Waals surface area contributed by atoms with Gasteiger partial charge in [0.15, 0.2) is 0 Å². The van der Waals surface area contributed by atoms with Gasteiger partial charge >= 0.3 is 0 Å². The molecule has 4 rings (SSSR count). The SMILES string of the molecule is Cc1ccc(C2CC(=O)Nc3cc(C(=O)NC4CCCCC4N)ccc3N2)cc1. The summed E-state index contributed by atoms with van der Waals surface area (Å²) in [6.45, 7) is 2.04. The van der Waals surface area contributed by atoms with Crippen LogP contribution in [-0.2, 0) is 4.79 Å². The highest BCUT2D eigenvalue weighted by Crippen LogP contribution is 2.33. The van der Waals surface area contributed by atoms with Crippen LogP contribution in [0, 0.1) is 6.92 Å². The number of rotatable bonds is 3. The summed E-state index contributed by atoms with van der Waals surface area (Å²) in [6.07, 6.45) is 4.38. The molecule has 6 heteroatoms. The number of nitrogens with two attached hydrogens (primary N) is 1. The minimum atomic E-state index is -0.149. The number of aryl methyl sites for hydroxylation is 1. The Labute approximate surface area is 171 Å². The average Bonchev–Trinajstić information content (AvgIpc) is 2.87. The van der Waals surface area contributed by atoms with Crippen LogP contribution in [0.15, 0.2) is 42.5 Å². The number of benzene rings is 2. The van der Waals surface area contributed by atoms with Gasteiger partial charge in [-0.15, -0.1) is 0 Å². The van der Waals surface area contributed by atoms with Crippen LogP contribution in [-0.4, -0.2) is 23.9 Å². The fourth-order valence-electron chi connectivity index (χ4n) is 4.13. The lowest BCUT2D eigenvalue weighted by molar-refractivity contribution is -0.116. The molecular weight excluding hydrogens is 364 g/mol. The number of hydrogen-bond donors (Lipinski definition) is 4. The molecule has 0 bridgehead atoms. The van der Waals surface area contributed by atoms with E-state index in [1.54, 1.807) is 12.1 Å². The summed E-state index contributed by atoms with van der Waals surface area (Å²) in [5.74, 6) is -0.225. The number of carbonyl (C=O) groups excluding carboxylic acids is 2. The number of nitrogens with one attached hydrogen (secondary N) is 3. The van der Waals surface area contributed by atoms with Crippen molar-refractivity contribution in [3.63, 3.8) is 0 Å². The van der Waals surface area contributed by atoms with Crippen molar-refractivity contribution in [2.75, 3.05) is 10.6 Å². The van der Waals surface area contributed by atoms with E-state index in [9.17, 15) is 9.59 Å². The highest BCUT2D eigenvalue weighted by atomic mass is 16.2. The molecule has 1 heterocycles. The molecule has 0 aromatic heterocycles. The number of carbonyl (C=O) groups is 2. The predicted octanol–water partition coefficient (Wildman–Crippen LogP) is 3.49. The van der Waals surface area contributed by atoms with Crippen LogP contribution in [0.2, 0.25) is 0 Å². The first kappa shape index (κ1) is 19.5. The summed E-state index contributed by atoms with van der Waals surface area (Å²) >= 11 is 0. The zero-order valence-electron chi connectivity index (χ0n) is 16.7. The molecule has 0 radical (unpaired) electrons. The Hall–Kier alpha value is -2.86. The first-order valence-corrected chi connectivity index (χ1v) is 10.3. The third-order valence-electron chi connectivity index (χ3n) is 5.89. The van der Waals surface area contributed by atoms with Gasteiger partial charge in [-0.05, 0) is 43.5 Å². The van der Waals surface area contributed by atoms with Crippen molar-refractivity contribution >= 4 is 23.2 Å². The van der Waals surface area contributed by atoms with Crippen LogP contribution in [0.5, 0.6) is 0 Å². The maximum Gasteiger partial charge on any atom is 0.251 e. The van der Waals surface area contributed by atoms with Gasteiger partial charge in [0.05, 0.1) is 23.8 Å². The minimum Gasteiger partial charge on any atom is -0.376 e. The summed E-state index contributed by atoms with van der Waals surface area (Å²) in [5, 5.41) is 9.44. The molecule has 1 fully saturated rings. The first-order valence-electron chi connectivity index (χ1n) is 10.3. The molecule has 29 heavy (non-hydrogen) atoms. The van der Waals surface area contributed by atoms with Crippen LogP contribution in [0.3, 0.4) is 0 Å². The molecule has 0 saturated heterocycles. The number of amides is 2. The number of hydrogen-bond acceptors (Lipinski definition) is 4. The first-order chi connectivity index (χ1) is 14.0.